The maximum Gasteiger partial charge on any atom is 0.133 e. The zero-order chi connectivity index (χ0) is 13.9. The van der Waals surface area contributed by atoms with Crippen LogP contribution in [0.2, 0.25) is 0 Å². The summed E-state index contributed by atoms with van der Waals surface area (Å²) < 4.78 is 5.76. The summed E-state index contributed by atoms with van der Waals surface area (Å²) in [6, 6.07) is 10.5. The van der Waals surface area contributed by atoms with E-state index in [1.807, 2.05) is 6.07 Å². The van der Waals surface area contributed by atoms with Gasteiger partial charge < -0.3 is 9.64 Å². The third-order valence-electron chi connectivity index (χ3n) is 3.82. The molecule has 0 N–H and O–H groups in total. The average Bonchev–Trinajstić information content (AvgIpc) is 2.53. The Labute approximate surface area is 128 Å². The van der Waals surface area contributed by atoms with Gasteiger partial charge in [0.2, 0.25) is 0 Å². The molecule has 2 aromatic rings. The van der Waals surface area contributed by atoms with Crippen molar-refractivity contribution in [3.63, 3.8) is 0 Å². The van der Waals surface area contributed by atoms with Crippen molar-refractivity contribution in [1.82, 2.24) is 4.98 Å². The van der Waals surface area contributed by atoms with Gasteiger partial charge in [0.05, 0.1) is 18.2 Å². The maximum absolute atomic E-state index is 5.76. The van der Waals surface area contributed by atoms with Crippen LogP contribution in [0.15, 0.2) is 30.3 Å². The van der Waals surface area contributed by atoms with Crippen LogP contribution in [-0.4, -0.2) is 30.8 Å². The molecule has 3 nitrogen and oxygen atoms in total. The fourth-order valence-electron chi connectivity index (χ4n) is 2.68. The van der Waals surface area contributed by atoms with Crippen molar-refractivity contribution in [2.24, 2.45) is 0 Å². The molecule has 1 aliphatic heterocycles. The van der Waals surface area contributed by atoms with Crippen LogP contribution in [0.4, 0.5) is 5.82 Å². The Morgan fingerprint density at radius 1 is 1.40 bits per heavy atom. The molecule has 20 heavy (non-hydrogen) atoms. The van der Waals surface area contributed by atoms with Crippen LogP contribution < -0.4 is 4.90 Å². The highest BCUT2D eigenvalue weighted by Gasteiger charge is 2.22. The summed E-state index contributed by atoms with van der Waals surface area (Å²) in [5.74, 6) is 1.10. The number of pyridine rings is 1. The Balaban J connectivity index is 2.00. The molecule has 0 radical (unpaired) electrons. The summed E-state index contributed by atoms with van der Waals surface area (Å²) in [6.07, 6.45) is 1.37. The average molecular weight is 335 g/mol. The molecule has 0 bridgehead atoms. The Morgan fingerprint density at radius 2 is 2.25 bits per heavy atom. The molecule has 1 aromatic carbocycles. The standard InChI is InChI=1S/C16H19BrN2O/c1-2-14-11-19(7-8-20-14)16-13(10-17)9-12-5-3-4-6-15(12)18-16/h3-6,9,14H,2,7-8,10-11H2,1H3. The first-order valence-electron chi connectivity index (χ1n) is 7.13. The van der Waals surface area contributed by atoms with E-state index in [0.717, 1.165) is 42.8 Å². The lowest BCUT2D eigenvalue weighted by molar-refractivity contribution is 0.0381. The molecule has 0 aliphatic carbocycles. The Hall–Kier alpha value is -1.13. The minimum atomic E-state index is 0.320. The van der Waals surface area contributed by atoms with Crippen molar-refractivity contribution in [3.05, 3.63) is 35.9 Å². The number of morpholine rings is 1. The van der Waals surface area contributed by atoms with Crippen molar-refractivity contribution in [3.8, 4) is 0 Å². The number of nitrogens with zero attached hydrogens (tertiary/aromatic N) is 2. The topological polar surface area (TPSA) is 25.4 Å². The second kappa shape index (κ2) is 6.10. The second-order valence-corrected chi connectivity index (χ2v) is 5.71. The van der Waals surface area contributed by atoms with E-state index in [2.05, 4.69) is 52.0 Å². The van der Waals surface area contributed by atoms with E-state index in [0.29, 0.717) is 6.10 Å². The van der Waals surface area contributed by atoms with Gasteiger partial charge in [-0.3, -0.25) is 0 Å². The lowest BCUT2D eigenvalue weighted by Gasteiger charge is -2.34. The maximum atomic E-state index is 5.76. The Bertz CT molecular complexity index is 602. The number of rotatable bonds is 3. The van der Waals surface area contributed by atoms with E-state index >= 15 is 0 Å². The van der Waals surface area contributed by atoms with Gasteiger partial charge in [0, 0.05) is 29.4 Å². The Kier molecular flexibility index (Phi) is 4.22. The van der Waals surface area contributed by atoms with Crippen LogP contribution in [0, 0.1) is 0 Å². The summed E-state index contributed by atoms with van der Waals surface area (Å²) >= 11 is 3.59. The van der Waals surface area contributed by atoms with Gasteiger partial charge in [-0.05, 0) is 18.6 Å². The van der Waals surface area contributed by atoms with Crippen molar-refractivity contribution < 1.29 is 4.74 Å². The zero-order valence-corrected chi connectivity index (χ0v) is 13.3. The first-order chi connectivity index (χ1) is 9.81. The number of ether oxygens (including phenoxy) is 1. The molecule has 1 aliphatic rings. The molecular formula is C16H19BrN2O. The van der Waals surface area contributed by atoms with Crippen LogP contribution in [0.3, 0.4) is 0 Å². The zero-order valence-electron chi connectivity index (χ0n) is 11.7. The van der Waals surface area contributed by atoms with Crippen LogP contribution in [-0.2, 0) is 10.1 Å². The van der Waals surface area contributed by atoms with Gasteiger partial charge in [0.15, 0.2) is 0 Å². The van der Waals surface area contributed by atoms with E-state index in [1.165, 1.54) is 10.9 Å². The highest BCUT2D eigenvalue weighted by molar-refractivity contribution is 9.08. The van der Waals surface area contributed by atoms with E-state index in [9.17, 15) is 0 Å². The van der Waals surface area contributed by atoms with Crippen LogP contribution in [0.25, 0.3) is 10.9 Å². The largest absolute Gasteiger partial charge is 0.375 e. The molecule has 1 unspecified atom stereocenters. The van der Waals surface area contributed by atoms with Gasteiger partial charge in [-0.2, -0.15) is 0 Å². The molecule has 1 saturated heterocycles. The second-order valence-electron chi connectivity index (χ2n) is 5.14. The highest BCUT2D eigenvalue weighted by Crippen LogP contribution is 2.27. The summed E-state index contributed by atoms with van der Waals surface area (Å²) in [5.41, 5.74) is 2.31. The summed E-state index contributed by atoms with van der Waals surface area (Å²) in [4.78, 5) is 7.24. The van der Waals surface area contributed by atoms with Crippen molar-refractivity contribution in [1.29, 1.82) is 0 Å². The molecule has 1 atom stereocenters. The number of para-hydroxylation sites is 1. The normalized spacial score (nSPS) is 19.5. The van der Waals surface area contributed by atoms with Crippen molar-refractivity contribution in [2.75, 3.05) is 24.6 Å². The molecule has 1 fully saturated rings. The van der Waals surface area contributed by atoms with Crippen LogP contribution in [0.1, 0.15) is 18.9 Å². The molecular weight excluding hydrogens is 316 g/mol. The molecule has 0 spiro atoms. The van der Waals surface area contributed by atoms with Gasteiger partial charge in [-0.15, -0.1) is 0 Å². The van der Waals surface area contributed by atoms with E-state index in [1.54, 1.807) is 0 Å². The first-order valence-corrected chi connectivity index (χ1v) is 8.25. The van der Waals surface area contributed by atoms with Crippen molar-refractivity contribution in [2.45, 2.75) is 24.8 Å². The third kappa shape index (κ3) is 2.67. The number of halogens is 1. The van der Waals surface area contributed by atoms with E-state index in [-0.39, 0.29) is 0 Å². The number of hydrogen-bond donors (Lipinski definition) is 0. The van der Waals surface area contributed by atoms with Crippen molar-refractivity contribution >= 4 is 32.7 Å². The van der Waals surface area contributed by atoms with Gasteiger partial charge in [-0.1, -0.05) is 41.1 Å². The predicted molar refractivity (Wildman–Crippen MR) is 86.6 cm³/mol. The molecule has 2 heterocycles. The number of benzene rings is 1. The van der Waals surface area contributed by atoms with Gasteiger partial charge in [-0.25, -0.2) is 4.98 Å². The molecule has 106 valence electrons. The van der Waals surface area contributed by atoms with Crippen LogP contribution >= 0.6 is 15.9 Å². The minimum Gasteiger partial charge on any atom is -0.375 e. The highest BCUT2D eigenvalue weighted by atomic mass is 79.9. The van der Waals surface area contributed by atoms with Gasteiger partial charge >= 0.3 is 0 Å². The summed E-state index contributed by atoms with van der Waals surface area (Å²) in [7, 11) is 0. The smallest absolute Gasteiger partial charge is 0.133 e. The van der Waals surface area contributed by atoms with Gasteiger partial charge in [0.25, 0.3) is 0 Å². The summed E-state index contributed by atoms with van der Waals surface area (Å²) in [6.45, 7) is 4.81. The quantitative estimate of drug-likeness (QED) is 0.799. The SMILES string of the molecule is CCC1CN(c2nc3ccccc3cc2CBr)CCO1. The number of fused-ring (bicyclic) bond motifs is 1. The fraction of sp³-hybridized carbons (Fsp3) is 0.438. The lowest BCUT2D eigenvalue weighted by atomic mass is 10.1. The number of aromatic nitrogens is 1. The van der Waals surface area contributed by atoms with Crippen LogP contribution in [0.5, 0.6) is 0 Å². The molecule has 3 rings (SSSR count). The molecule has 4 heteroatoms. The van der Waals surface area contributed by atoms with Gasteiger partial charge in [0.1, 0.15) is 5.82 Å². The van der Waals surface area contributed by atoms with E-state index in [4.69, 9.17) is 9.72 Å². The fourth-order valence-corrected chi connectivity index (χ4v) is 3.09. The molecule has 0 saturated carbocycles. The van der Waals surface area contributed by atoms with E-state index < -0.39 is 0 Å². The molecule has 0 amide bonds. The first kappa shape index (κ1) is 13.8. The monoisotopic (exact) mass is 334 g/mol. The minimum absolute atomic E-state index is 0.320. The number of alkyl halides is 1. The summed E-state index contributed by atoms with van der Waals surface area (Å²) in [5, 5.41) is 2.03. The Morgan fingerprint density at radius 3 is 3.05 bits per heavy atom. The number of hydrogen-bond acceptors (Lipinski definition) is 3. The number of anilines is 1. The third-order valence-corrected chi connectivity index (χ3v) is 4.42. The molecule has 1 aromatic heterocycles. The lowest BCUT2D eigenvalue weighted by Crippen LogP contribution is -2.43. The predicted octanol–water partition coefficient (Wildman–Crippen LogP) is 3.74.